The number of hydrogen-bond acceptors (Lipinski definition) is 2. The lowest BCUT2D eigenvalue weighted by Crippen LogP contribution is -2.44. The highest BCUT2D eigenvalue weighted by molar-refractivity contribution is 6.30. The predicted octanol–water partition coefficient (Wildman–Crippen LogP) is 2.28. The van der Waals surface area contributed by atoms with E-state index >= 15 is 0 Å². The van der Waals surface area contributed by atoms with E-state index in [0.717, 1.165) is 11.1 Å². The molecule has 0 spiro atoms. The van der Waals surface area contributed by atoms with Gasteiger partial charge in [0.15, 0.2) is 0 Å². The van der Waals surface area contributed by atoms with Gasteiger partial charge in [-0.2, -0.15) is 0 Å². The van der Waals surface area contributed by atoms with Gasteiger partial charge in [-0.05, 0) is 43.5 Å². The van der Waals surface area contributed by atoms with Crippen molar-refractivity contribution in [1.29, 1.82) is 0 Å². The molecule has 20 heavy (non-hydrogen) atoms. The van der Waals surface area contributed by atoms with Crippen molar-refractivity contribution in [3.63, 3.8) is 0 Å². The summed E-state index contributed by atoms with van der Waals surface area (Å²) in [4.78, 5) is 25.4. The second kappa shape index (κ2) is 6.27. The largest absolute Gasteiger partial charge is 0.350 e. The molecule has 2 rings (SSSR count). The number of likely N-dealkylation sites (N-methyl/N-ethyl adjacent to an activating group) is 1. The fourth-order valence-corrected chi connectivity index (χ4v) is 2.94. The first-order valence-electron chi connectivity index (χ1n) is 6.84. The minimum Gasteiger partial charge on any atom is -0.350 e. The van der Waals surface area contributed by atoms with E-state index in [-0.39, 0.29) is 17.9 Å². The van der Waals surface area contributed by atoms with E-state index in [0.29, 0.717) is 31.0 Å². The van der Waals surface area contributed by atoms with E-state index in [1.165, 1.54) is 0 Å². The van der Waals surface area contributed by atoms with Crippen LogP contribution in [-0.2, 0) is 16.1 Å². The van der Waals surface area contributed by atoms with Crippen molar-refractivity contribution >= 4 is 23.4 Å². The molecule has 108 valence electrons. The summed E-state index contributed by atoms with van der Waals surface area (Å²) in [5.41, 5.74) is 2.03. The van der Waals surface area contributed by atoms with Gasteiger partial charge in [0.25, 0.3) is 0 Å². The molecular weight excluding hydrogens is 276 g/mol. The molecule has 1 aromatic rings. The Morgan fingerprint density at radius 1 is 1.45 bits per heavy atom. The zero-order valence-corrected chi connectivity index (χ0v) is 12.5. The van der Waals surface area contributed by atoms with Crippen molar-refractivity contribution in [2.45, 2.75) is 39.3 Å². The predicted molar refractivity (Wildman–Crippen MR) is 78.4 cm³/mol. The van der Waals surface area contributed by atoms with Crippen molar-refractivity contribution in [3.05, 3.63) is 34.3 Å². The van der Waals surface area contributed by atoms with E-state index < -0.39 is 0 Å². The highest BCUT2D eigenvalue weighted by Gasteiger charge is 2.34. The van der Waals surface area contributed by atoms with Crippen LogP contribution in [0.15, 0.2) is 18.2 Å². The number of nitrogens with zero attached hydrogens (tertiary/aromatic N) is 1. The second-order valence-corrected chi connectivity index (χ2v) is 5.53. The van der Waals surface area contributed by atoms with Crippen molar-refractivity contribution in [1.82, 2.24) is 10.2 Å². The standard InChI is InChI=1S/C15H19ClN2O2/c1-3-18-13(4-5-14(18)19)15(20)17-9-11-6-10(2)7-12(16)8-11/h6-8,13H,3-5,9H2,1-2H3,(H,17,20). The van der Waals surface area contributed by atoms with Crippen LogP contribution in [0.3, 0.4) is 0 Å². The Morgan fingerprint density at radius 2 is 2.20 bits per heavy atom. The quantitative estimate of drug-likeness (QED) is 0.926. The summed E-state index contributed by atoms with van der Waals surface area (Å²) in [7, 11) is 0. The van der Waals surface area contributed by atoms with Crippen LogP contribution in [0.2, 0.25) is 5.02 Å². The third-order valence-electron chi connectivity index (χ3n) is 3.54. The van der Waals surface area contributed by atoms with Crippen LogP contribution in [-0.4, -0.2) is 29.3 Å². The Kier molecular flexibility index (Phi) is 4.65. The molecule has 0 radical (unpaired) electrons. The number of benzene rings is 1. The molecule has 1 aromatic carbocycles. The zero-order valence-electron chi connectivity index (χ0n) is 11.8. The first-order chi connectivity index (χ1) is 9.51. The summed E-state index contributed by atoms with van der Waals surface area (Å²) >= 11 is 5.99. The molecule has 0 aromatic heterocycles. The molecule has 5 heteroatoms. The third-order valence-corrected chi connectivity index (χ3v) is 3.76. The minimum absolute atomic E-state index is 0.0613. The van der Waals surface area contributed by atoms with E-state index in [1.54, 1.807) is 4.90 Å². The average molecular weight is 295 g/mol. The highest BCUT2D eigenvalue weighted by atomic mass is 35.5. The Morgan fingerprint density at radius 3 is 2.85 bits per heavy atom. The number of rotatable bonds is 4. The maximum Gasteiger partial charge on any atom is 0.243 e. The van der Waals surface area contributed by atoms with Gasteiger partial charge in [0, 0.05) is 24.5 Å². The molecule has 0 saturated carbocycles. The van der Waals surface area contributed by atoms with Gasteiger partial charge in [0.2, 0.25) is 11.8 Å². The number of likely N-dealkylation sites (tertiary alicyclic amines) is 1. The maximum atomic E-state index is 12.2. The van der Waals surface area contributed by atoms with E-state index in [2.05, 4.69) is 5.32 Å². The monoisotopic (exact) mass is 294 g/mol. The smallest absolute Gasteiger partial charge is 0.243 e. The van der Waals surface area contributed by atoms with Crippen LogP contribution in [0.5, 0.6) is 0 Å². The first-order valence-corrected chi connectivity index (χ1v) is 7.22. The number of nitrogens with one attached hydrogen (secondary N) is 1. The first kappa shape index (κ1) is 14.9. The molecule has 1 saturated heterocycles. The Labute approximate surface area is 124 Å². The van der Waals surface area contributed by atoms with Gasteiger partial charge in [-0.1, -0.05) is 17.7 Å². The fraction of sp³-hybridized carbons (Fsp3) is 0.467. The van der Waals surface area contributed by atoms with Crippen LogP contribution in [0.4, 0.5) is 0 Å². The number of carbonyl (C=O) groups is 2. The molecule has 1 atom stereocenters. The van der Waals surface area contributed by atoms with Gasteiger partial charge >= 0.3 is 0 Å². The summed E-state index contributed by atoms with van der Waals surface area (Å²) in [6.07, 6.45) is 1.06. The lowest BCUT2D eigenvalue weighted by Gasteiger charge is -2.22. The topological polar surface area (TPSA) is 49.4 Å². The Bertz CT molecular complexity index is 510. The molecule has 4 nitrogen and oxygen atoms in total. The van der Waals surface area contributed by atoms with Crippen LogP contribution in [0.1, 0.15) is 30.9 Å². The minimum atomic E-state index is -0.326. The lowest BCUT2D eigenvalue weighted by molar-refractivity contribution is -0.135. The number of halogens is 1. The number of amides is 2. The summed E-state index contributed by atoms with van der Waals surface area (Å²) in [5.74, 6) is -0.0263. The lowest BCUT2D eigenvalue weighted by atomic mass is 10.1. The van der Waals surface area contributed by atoms with Crippen LogP contribution in [0, 0.1) is 6.92 Å². The van der Waals surface area contributed by atoms with Crippen molar-refractivity contribution < 1.29 is 9.59 Å². The summed E-state index contributed by atoms with van der Waals surface area (Å²) in [6.45, 7) is 4.87. The highest BCUT2D eigenvalue weighted by Crippen LogP contribution is 2.19. The molecule has 1 heterocycles. The van der Waals surface area contributed by atoms with Crippen LogP contribution >= 0.6 is 11.6 Å². The summed E-state index contributed by atoms with van der Waals surface area (Å²) in [5, 5.41) is 3.56. The number of aryl methyl sites for hydroxylation is 1. The molecule has 1 N–H and O–H groups in total. The van der Waals surface area contributed by atoms with Gasteiger partial charge in [-0.15, -0.1) is 0 Å². The van der Waals surface area contributed by atoms with Gasteiger partial charge in [0.05, 0.1) is 0 Å². The zero-order chi connectivity index (χ0) is 14.7. The molecule has 0 aliphatic carbocycles. The van der Waals surface area contributed by atoms with Crippen LogP contribution < -0.4 is 5.32 Å². The Balaban J connectivity index is 1.97. The van der Waals surface area contributed by atoms with Crippen molar-refractivity contribution in [2.24, 2.45) is 0 Å². The molecule has 1 fully saturated rings. The molecule has 1 unspecified atom stereocenters. The Hall–Kier alpha value is -1.55. The van der Waals surface area contributed by atoms with E-state index in [4.69, 9.17) is 11.6 Å². The van der Waals surface area contributed by atoms with Crippen molar-refractivity contribution in [2.75, 3.05) is 6.54 Å². The van der Waals surface area contributed by atoms with E-state index in [1.807, 2.05) is 32.0 Å². The second-order valence-electron chi connectivity index (χ2n) is 5.09. The maximum absolute atomic E-state index is 12.2. The molecule has 1 aliphatic heterocycles. The molecule has 2 amide bonds. The fourth-order valence-electron chi connectivity index (χ4n) is 2.62. The van der Waals surface area contributed by atoms with Crippen molar-refractivity contribution in [3.8, 4) is 0 Å². The molecule has 0 bridgehead atoms. The van der Waals surface area contributed by atoms with Crippen LogP contribution in [0.25, 0.3) is 0 Å². The molecular formula is C15H19ClN2O2. The van der Waals surface area contributed by atoms with Gasteiger partial charge in [0.1, 0.15) is 6.04 Å². The number of carbonyl (C=O) groups excluding carboxylic acids is 2. The number of hydrogen-bond donors (Lipinski definition) is 1. The normalized spacial score (nSPS) is 18.4. The summed E-state index contributed by atoms with van der Waals surface area (Å²) < 4.78 is 0. The summed E-state index contributed by atoms with van der Waals surface area (Å²) in [6, 6.07) is 5.38. The SMILES string of the molecule is CCN1C(=O)CCC1C(=O)NCc1cc(C)cc(Cl)c1. The third kappa shape index (κ3) is 3.31. The molecule has 1 aliphatic rings. The van der Waals surface area contributed by atoms with Gasteiger partial charge in [-0.3, -0.25) is 9.59 Å². The van der Waals surface area contributed by atoms with Gasteiger partial charge < -0.3 is 10.2 Å². The average Bonchev–Trinajstić information content (AvgIpc) is 2.76. The van der Waals surface area contributed by atoms with Gasteiger partial charge in [-0.25, -0.2) is 0 Å². The van der Waals surface area contributed by atoms with E-state index in [9.17, 15) is 9.59 Å².